The number of esters is 1. The van der Waals surface area contributed by atoms with Crippen molar-refractivity contribution in [3.8, 4) is 0 Å². The average molecular weight is 246 g/mol. The van der Waals surface area contributed by atoms with E-state index in [1.165, 1.54) is 6.92 Å². The zero-order valence-corrected chi connectivity index (χ0v) is 8.77. The molecule has 0 aliphatic heterocycles. The number of rotatable bonds is 4. The number of ether oxygens (including phenoxy) is 1. The minimum atomic E-state index is -1.74. The topological polar surface area (TPSA) is 74.3 Å². The Bertz CT molecular complexity index is 529. The molecule has 0 amide bonds. The van der Waals surface area contributed by atoms with Gasteiger partial charge in [-0.2, -0.15) is 4.39 Å². The SMILES string of the molecule is C=COC(=O)/C(F)=C(/F)Cn1c(C)noc1=O. The van der Waals surface area contributed by atoms with Crippen LogP contribution in [0.15, 0.2) is 33.8 Å². The van der Waals surface area contributed by atoms with Crippen molar-refractivity contribution in [3.05, 3.63) is 40.9 Å². The van der Waals surface area contributed by atoms with Gasteiger partial charge in [-0.15, -0.1) is 0 Å². The molecule has 6 nitrogen and oxygen atoms in total. The minimum Gasteiger partial charge on any atom is -0.430 e. The third kappa shape index (κ3) is 2.86. The summed E-state index contributed by atoms with van der Waals surface area (Å²) in [7, 11) is 0. The van der Waals surface area contributed by atoms with Crippen LogP contribution >= 0.6 is 0 Å². The van der Waals surface area contributed by atoms with Crippen molar-refractivity contribution in [2.45, 2.75) is 13.5 Å². The van der Waals surface area contributed by atoms with Crippen molar-refractivity contribution < 1.29 is 22.8 Å². The van der Waals surface area contributed by atoms with Crippen molar-refractivity contribution in [3.63, 3.8) is 0 Å². The average Bonchev–Trinajstić information content (AvgIpc) is 2.60. The van der Waals surface area contributed by atoms with Gasteiger partial charge in [-0.3, -0.25) is 9.09 Å². The predicted molar refractivity (Wildman–Crippen MR) is 51.0 cm³/mol. The molecule has 1 aromatic heterocycles. The second kappa shape index (κ2) is 5.19. The van der Waals surface area contributed by atoms with Crippen molar-refractivity contribution in [2.24, 2.45) is 0 Å². The van der Waals surface area contributed by atoms with Gasteiger partial charge in [-0.1, -0.05) is 11.7 Å². The maximum atomic E-state index is 13.2. The number of carbonyl (C=O) groups is 1. The van der Waals surface area contributed by atoms with Crippen LogP contribution in [-0.4, -0.2) is 15.7 Å². The second-order valence-corrected chi connectivity index (χ2v) is 2.87. The molecule has 0 aliphatic carbocycles. The van der Waals surface area contributed by atoms with Gasteiger partial charge >= 0.3 is 11.7 Å². The lowest BCUT2D eigenvalue weighted by Gasteiger charge is -2.00. The monoisotopic (exact) mass is 246 g/mol. The number of aromatic nitrogens is 2. The van der Waals surface area contributed by atoms with Gasteiger partial charge in [0.05, 0.1) is 12.8 Å². The summed E-state index contributed by atoms with van der Waals surface area (Å²) in [6.07, 6.45) is 0.659. The third-order valence-electron chi connectivity index (χ3n) is 1.77. The molecule has 92 valence electrons. The van der Waals surface area contributed by atoms with E-state index < -0.39 is 29.9 Å². The second-order valence-electron chi connectivity index (χ2n) is 2.87. The standard InChI is InChI=1S/C9H8F2N2O4/c1-3-16-8(14)7(11)6(10)4-13-5(2)12-17-9(13)15/h3H,1,4H2,2H3/b7-6-. The molecule has 0 spiro atoms. The van der Waals surface area contributed by atoms with Gasteiger partial charge in [0.2, 0.25) is 5.83 Å². The Morgan fingerprint density at radius 2 is 2.29 bits per heavy atom. The first-order chi connectivity index (χ1) is 7.97. The number of allylic oxidation sites excluding steroid dienone is 1. The zero-order valence-electron chi connectivity index (χ0n) is 8.77. The molecule has 0 aliphatic rings. The number of halogens is 2. The Morgan fingerprint density at radius 3 is 2.76 bits per heavy atom. The van der Waals surface area contributed by atoms with Crippen LogP contribution in [0.25, 0.3) is 0 Å². The Labute approximate surface area is 93.8 Å². The summed E-state index contributed by atoms with van der Waals surface area (Å²) in [6, 6.07) is 0. The van der Waals surface area contributed by atoms with Crippen molar-refractivity contribution in [2.75, 3.05) is 0 Å². The maximum absolute atomic E-state index is 13.2. The summed E-state index contributed by atoms with van der Waals surface area (Å²) in [4.78, 5) is 21.8. The van der Waals surface area contributed by atoms with Crippen LogP contribution in [0.2, 0.25) is 0 Å². The van der Waals surface area contributed by atoms with Gasteiger partial charge < -0.3 is 4.74 Å². The lowest BCUT2D eigenvalue weighted by molar-refractivity contribution is -0.135. The van der Waals surface area contributed by atoms with Gasteiger partial charge in [-0.05, 0) is 6.92 Å². The molecular weight excluding hydrogens is 238 g/mol. The largest absolute Gasteiger partial charge is 0.441 e. The van der Waals surface area contributed by atoms with E-state index in [9.17, 15) is 18.4 Å². The first-order valence-corrected chi connectivity index (χ1v) is 4.36. The molecule has 1 rings (SSSR count). The van der Waals surface area contributed by atoms with Gasteiger partial charge in [0.15, 0.2) is 11.7 Å². The number of aryl methyl sites for hydroxylation is 1. The van der Waals surface area contributed by atoms with Crippen LogP contribution in [0.4, 0.5) is 8.78 Å². The summed E-state index contributed by atoms with van der Waals surface area (Å²) in [5, 5.41) is 3.24. The van der Waals surface area contributed by atoms with Crippen LogP contribution < -0.4 is 5.76 Å². The molecular formula is C9H8F2N2O4. The molecule has 0 saturated heterocycles. The lowest BCUT2D eigenvalue weighted by Crippen LogP contribution is -2.17. The van der Waals surface area contributed by atoms with Crippen LogP contribution in [-0.2, 0) is 16.1 Å². The van der Waals surface area contributed by atoms with Crippen molar-refractivity contribution in [1.82, 2.24) is 9.72 Å². The van der Waals surface area contributed by atoms with E-state index in [0.717, 1.165) is 4.57 Å². The smallest absolute Gasteiger partial charge is 0.430 e. The highest BCUT2D eigenvalue weighted by Gasteiger charge is 2.19. The highest BCUT2D eigenvalue weighted by atomic mass is 19.2. The Balaban J connectivity index is 2.95. The van der Waals surface area contributed by atoms with E-state index in [1.54, 1.807) is 0 Å². The Morgan fingerprint density at radius 1 is 1.65 bits per heavy atom. The molecule has 0 bridgehead atoms. The van der Waals surface area contributed by atoms with Crippen molar-refractivity contribution in [1.29, 1.82) is 0 Å². The van der Waals surface area contributed by atoms with Crippen molar-refractivity contribution >= 4 is 5.97 Å². The zero-order chi connectivity index (χ0) is 13.0. The molecule has 1 heterocycles. The molecule has 0 aromatic carbocycles. The van der Waals surface area contributed by atoms with Gasteiger partial charge in [0.25, 0.3) is 0 Å². The molecule has 8 heteroatoms. The first-order valence-electron chi connectivity index (χ1n) is 4.36. The fraction of sp³-hybridized carbons (Fsp3) is 0.222. The Hall–Kier alpha value is -2.25. The molecule has 1 aromatic rings. The molecule has 0 radical (unpaired) electrons. The highest BCUT2D eigenvalue weighted by Crippen LogP contribution is 2.12. The predicted octanol–water partition coefficient (Wildman–Crippen LogP) is 0.982. The fourth-order valence-electron chi connectivity index (χ4n) is 0.961. The van der Waals surface area contributed by atoms with E-state index >= 15 is 0 Å². The maximum Gasteiger partial charge on any atom is 0.441 e. The normalized spacial score (nSPS) is 11.9. The molecule has 0 N–H and O–H groups in total. The van der Waals surface area contributed by atoms with E-state index in [-0.39, 0.29) is 5.82 Å². The van der Waals surface area contributed by atoms with E-state index in [2.05, 4.69) is 21.0 Å². The van der Waals surface area contributed by atoms with Gasteiger partial charge in [-0.25, -0.2) is 14.0 Å². The van der Waals surface area contributed by atoms with Crippen LogP contribution in [0.5, 0.6) is 0 Å². The lowest BCUT2D eigenvalue weighted by atomic mass is 10.4. The molecule has 0 saturated carbocycles. The van der Waals surface area contributed by atoms with Crippen LogP contribution in [0, 0.1) is 6.92 Å². The first kappa shape index (κ1) is 12.8. The van der Waals surface area contributed by atoms with E-state index in [4.69, 9.17) is 0 Å². The minimum absolute atomic E-state index is 0.0510. The number of hydrogen-bond donors (Lipinski definition) is 0. The fourth-order valence-corrected chi connectivity index (χ4v) is 0.961. The summed E-state index contributed by atoms with van der Waals surface area (Å²) in [6.45, 7) is 3.57. The van der Waals surface area contributed by atoms with Gasteiger partial charge in [0.1, 0.15) is 0 Å². The summed E-state index contributed by atoms with van der Waals surface area (Å²) < 4.78 is 35.2. The molecule has 0 unspecified atom stereocenters. The number of carbonyl (C=O) groups excluding carboxylic acids is 1. The van der Waals surface area contributed by atoms with E-state index in [1.807, 2.05) is 0 Å². The highest BCUT2D eigenvalue weighted by molar-refractivity contribution is 5.86. The summed E-state index contributed by atoms with van der Waals surface area (Å²) in [5.74, 6) is -5.64. The number of nitrogens with zero attached hydrogens (tertiary/aromatic N) is 2. The molecule has 0 atom stereocenters. The summed E-state index contributed by atoms with van der Waals surface area (Å²) >= 11 is 0. The summed E-state index contributed by atoms with van der Waals surface area (Å²) in [5.41, 5.74) is 0. The molecule has 0 fully saturated rings. The van der Waals surface area contributed by atoms with Crippen LogP contribution in [0.1, 0.15) is 5.82 Å². The molecule has 17 heavy (non-hydrogen) atoms. The number of hydrogen-bond acceptors (Lipinski definition) is 5. The third-order valence-corrected chi connectivity index (χ3v) is 1.77. The Kier molecular flexibility index (Phi) is 3.91. The quantitative estimate of drug-likeness (QED) is 0.449. The van der Waals surface area contributed by atoms with E-state index in [0.29, 0.717) is 6.26 Å². The van der Waals surface area contributed by atoms with Crippen LogP contribution in [0.3, 0.4) is 0 Å². The van der Waals surface area contributed by atoms with Gasteiger partial charge in [0, 0.05) is 0 Å².